The molecule has 0 unspecified atom stereocenters. The van der Waals surface area contributed by atoms with Crippen LogP contribution in [0.3, 0.4) is 0 Å². The van der Waals surface area contributed by atoms with Crippen molar-refractivity contribution in [1.82, 2.24) is 4.98 Å². The second-order valence-electron chi connectivity index (χ2n) is 4.79. The molecule has 0 spiro atoms. The molecule has 0 aliphatic carbocycles. The lowest BCUT2D eigenvalue weighted by molar-refractivity contribution is -0.154. The molecule has 0 fully saturated rings. The van der Waals surface area contributed by atoms with E-state index in [-0.39, 0.29) is 18.1 Å². The summed E-state index contributed by atoms with van der Waals surface area (Å²) in [5, 5.41) is 11.6. The number of carbonyl (C=O) groups excluding carboxylic acids is 1. The predicted octanol–water partition coefficient (Wildman–Crippen LogP) is 2.00. The first kappa shape index (κ1) is 14.0. The molecule has 18 heavy (non-hydrogen) atoms. The number of oxazole rings is 1. The highest BCUT2D eigenvalue weighted by molar-refractivity contribution is 5.70. The number of esters is 1. The third-order valence-corrected chi connectivity index (χ3v) is 1.87. The molecule has 0 bridgehead atoms. The number of hydrogen-bond donors (Lipinski definition) is 1. The monoisotopic (exact) mass is 251 g/mol. The third kappa shape index (κ3) is 4.45. The molecular weight excluding hydrogens is 234 g/mol. The van der Waals surface area contributed by atoms with Crippen LogP contribution in [-0.2, 0) is 9.53 Å². The van der Waals surface area contributed by atoms with Crippen LogP contribution in [0.4, 0.5) is 5.88 Å². The van der Waals surface area contributed by atoms with E-state index in [0.29, 0.717) is 18.3 Å². The van der Waals surface area contributed by atoms with Gasteiger partial charge in [-0.1, -0.05) is 0 Å². The smallest absolute Gasteiger partial charge is 0.308 e. The number of rotatable bonds is 4. The summed E-state index contributed by atoms with van der Waals surface area (Å²) >= 11 is 0. The van der Waals surface area contributed by atoms with Gasteiger partial charge in [0, 0.05) is 13.5 Å². The summed E-state index contributed by atoms with van der Waals surface area (Å²) in [4.78, 5) is 15.3. The molecule has 6 nitrogen and oxygen atoms in total. The Bertz CT molecular complexity index is 466. The van der Waals surface area contributed by atoms with Gasteiger partial charge in [-0.25, -0.2) is 4.98 Å². The first-order valence-electron chi connectivity index (χ1n) is 5.65. The minimum Gasteiger partial charge on any atom is -0.460 e. The minimum atomic E-state index is -0.488. The van der Waals surface area contributed by atoms with Crippen molar-refractivity contribution in [2.24, 2.45) is 0 Å². The van der Waals surface area contributed by atoms with Crippen molar-refractivity contribution < 1.29 is 13.9 Å². The maximum Gasteiger partial charge on any atom is 0.308 e. The summed E-state index contributed by atoms with van der Waals surface area (Å²) < 4.78 is 10.3. The quantitative estimate of drug-likeness (QED) is 0.823. The Hall–Kier alpha value is -2.03. The predicted molar refractivity (Wildman–Crippen MR) is 64.9 cm³/mol. The van der Waals surface area contributed by atoms with Crippen molar-refractivity contribution in [3.8, 4) is 6.07 Å². The van der Waals surface area contributed by atoms with Crippen molar-refractivity contribution in [3.63, 3.8) is 0 Å². The molecule has 1 aromatic rings. The van der Waals surface area contributed by atoms with Crippen molar-refractivity contribution in [3.05, 3.63) is 11.6 Å². The lowest BCUT2D eigenvalue weighted by atomic mass is 10.2. The molecule has 0 aliphatic rings. The van der Waals surface area contributed by atoms with Gasteiger partial charge < -0.3 is 14.5 Å². The largest absolute Gasteiger partial charge is 0.460 e. The van der Waals surface area contributed by atoms with E-state index in [4.69, 9.17) is 14.4 Å². The van der Waals surface area contributed by atoms with Crippen molar-refractivity contribution in [2.75, 3.05) is 11.9 Å². The maximum atomic E-state index is 11.4. The standard InChI is InChI=1S/C12H17N3O3/c1-8-15-9(7-13)11(17-8)14-6-5-10(16)18-12(2,3)4/h14H,5-6H2,1-4H3. The van der Waals surface area contributed by atoms with E-state index in [9.17, 15) is 4.79 Å². The van der Waals surface area contributed by atoms with Gasteiger partial charge in [0.15, 0.2) is 5.89 Å². The molecule has 0 radical (unpaired) electrons. The summed E-state index contributed by atoms with van der Waals surface area (Å²) in [6, 6.07) is 1.91. The number of nitrogens with zero attached hydrogens (tertiary/aromatic N) is 2. The lowest BCUT2D eigenvalue weighted by Crippen LogP contribution is -2.25. The molecule has 0 atom stereocenters. The fraction of sp³-hybridized carbons (Fsp3) is 0.583. The van der Waals surface area contributed by atoms with Crippen LogP contribution in [-0.4, -0.2) is 23.1 Å². The Morgan fingerprint density at radius 3 is 2.78 bits per heavy atom. The Morgan fingerprint density at radius 2 is 2.22 bits per heavy atom. The summed E-state index contributed by atoms with van der Waals surface area (Å²) in [6.07, 6.45) is 0.196. The van der Waals surface area contributed by atoms with E-state index in [0.717, 1.165) is 0 Å². The number of nitrogens with one attached hydrogen (secondary N) is 1. The maximum absolute atomic E-state index is 11.4. The topological polar surface area (TPSA) is 88.2 Å². The average molecular weight is 251 g/mol. The highest BCUT2D eigenvalue weighted by atomic mass is 16.6. The highest BCUT2D eigenvalue weighted by Crippen LogP contribution is 2.15. The number of nitriles is 1. The normalized spacial score (nSPS) is 10.8. The number of aromatic nitrogens is 1. The molecule has 0 amide bonds. The molecule has 0 aliphatic heterocycles. The van der Waals surface area contributed by atoms with Crippen LogP contribution in [0.25, 0.3) is 0 Å². The number of aryl methyl sites for hydroxylation is 1. The van der Waals surface area contributed by atoms with Crippen LogP contribution < -0.4 is 5.32 Å². The van der Waals surface area contributed by atoms with Gasteiger partial charge in [-0.05, 0) is 20.8 Å². The fourth-order valence-corrected chi connectivity index (χ4v) is 1.29. The number of hydrogen-bond acceptors (Lipinski definition) is 6. The summed E-state index contributed by atoms with van der Waals surface area (Å²) in [7, 11) is 0. The summed E-state index contributed by atoms with van der Waals surface area (Å²) in [6.45, 7) is 7.42. The molecule has 1 aromatic heterocycles. The van der Waals surface area contributed by atoms with Gasteiger partial charge in [-0.2, -0.15) is 5.26 Å². The molecule has 98 valence electrons. The van der Waals surface area contributed by atoms with E-state index in [1.165, 1.54) is 0 Å². The van der Waals surface area contributed by atoms with Crippen molar-refractivity contribution in [1.29, 1.82) is 5.26 Å². The van der Waals surface area contributed by atoms with Gasteiger partial charge in [-0.15, -0.1) is 0 Å². The van der Waals surface area contributed by atoms with Gasteiger partial charge >= 0.3 is 5.97 Å². The molecule has 6 heteroatoms. The molecular formula is C12H17N3O3. The lowest BCUT2D eigenvalue weighted by Gasteiger charge is -2.19. The molecule has 0 saturated heterocycles. The zero-order chi connectivity index (χ0) is 13.8. The Labute approximate surface area is 106 Å². The van der Waals surface area contributed by atoms with Gasteiger partial charge in [0.25, 0.3) is 0 Å². The van der Waals surface area contributed by atoms with E-state index in [1.807, 2.05) is 26.8 Å². The molecule has 0 saturated carbocycles. The van der Waals surface area contributed by atoms with Gasteiger partial charge in [0.1, 0.15) is 11.7 Å². The fourth-order valence-electron chi connectivity index (χ4n) is 1.29. The van der Waals surface area contributed by atoms with Crippen LogP contribution in [0.15, 0.2) is 4.42 Å². The SMILES string of the molecule is Cc1nc(C#N)c(NCCC(=O)OC(C)(C)C)o1. The molecule has 1 rings (SSSR count). The van der Waals surface area contributed by atoms with E-state index < -0.39 is 5.60 Å². The van der Waals surface area contributed by atoms with E-state index in [2.05, 4.69) is 10.3 Å². The zero-order valence-corrected chi connectivity index (χ0v) is 11.0. The second-order valence-corrected chi connectivity index (χ2v) is 4.79. The van der Waals surface area contributed by atoms with E-state index >= 15 is 0 Å². The zero-order valence-electron chi connectivity index (χ0n) is 11.0. The summed E-state index contributed by atoms with van der Waals surface area (Å²) in [5.74, 6) is 0.398. The van der Waals surface area contributed by atoms with Crippen LogP contribution in [0.1, 0.15) is 38.8 Å². The van der Waals surface area contributed by atoms with Gasteiger partial charge in [0.05, 0.1) is 6.42 Å². The van der Waals surface area contributed by atoms with Crippen LogP contribution >= 0.6 is 0 Å². The second kappa shape index (κ2) is 5.54. The van der Waals surface area contributed by atoms with Crippen LogP contribution in [0, 0.1) is 18.3 Å². The minimum absolute atomic E-state index is 0.191. The Morgan fingerprint density at radius 1 is 1.56 bits per heavy atom. The Balaban J connectivity index is 2.43. The van der Waals surface area contributed by atoms with Gasteiger partial charge in [0.2, 0.25) is 11.6 Å². The third-order valence-electron chi connectivity index (χ3n) is 1.87. The van der Waals surface area contributed by atoms with Crippen molar-refractivity contribution in [2.45, 2.75) is 39.7 Å². The molecule has 0 aromatic carbocycles. The van der Waals surface area contributed by atoms with Crippen LogP contribution in [0.5, 0.6) is 0 Å². The highest BCUT2D eigenvalue weighted by Gasteiger charge is 2.16. The first-order chi connectivity index (χ1) is 8.31. The number of anilines is 1. The first-order valence-corrected chi connectivity index (χ1v) is 5.65. The Kier molecular flexibility index (Phi) is 4.32. The van der Waals surface area contributed by atoms with Crippen LogP contribution in [0.2, 0.25) is 0 Å². The van der Waals surface area contributed by atoms with E-state index in [1.54, 1.807) is 6.92 Å². The molecule has 1 N–H and O–H groups in total. The van der Waals surface area contributed by atoms with Crippen molar-refractivity contribution >= 4 is 11.9 Å². The number of carbonyl (C=O) groups is 1. The van der Waals surface area contributed by atoms with Gasteiger partial charge in [-0.3, -0.25) is 4.79 Å². The molecule has 1 heterocycles. The average Bonchev–Trinajstić information content (AvgIpc) is 2.56. The summed E-state index contributed by atoms with van der Waals surface area (Å²) in [5.41, 5.74) is -0.297. The number of ether oxygens (including phenoxy) is 1.